The molecule has 0 fully saturated rings. The van der Waals surface area contributed by atoms with Crippen LogP contribution in [0.2, 0.25) is 0 Å². The Morgan fingerprint density at radius 2 is 1.41 bits per heavy atom. The molecular formula is C21H22N2O5S. The third-order valence-electron chi connectivity index (χ3n) is 3.93. The summed E-state index contributed by atoms with van der Waals surface area (Å²) in [5.74, 6) is 0.679. The van der Waals surface area contributed by atoms with Crippen molar-refractivity contribution in [2.75, 3.05) is 12.9 Å². The van der Waals surface area contributed by atoms with Gasteiger partial charge in [-0.1, -0.05) is 60.7 Å². The van der Waals surface area contributed by atoms with Gasteiger partial charge in [-0.25, -0.2) is 4.98 Å². The van der Waals surface area contributed by atoms with Gasteiger partial charge >= 0.3 is 0 Å². The standard InChI is InChI=1S/C21H22N2O5S/c1-29(24,25)28-13-12-19-20(26-14-17-8-4-2-5-9-17)21(23-16-22-19)27-15-18-10-6-3-7-11-18/h2-11,16H,12-15H2,1H3. The maximum Gasteiger partial charge on any atom is 0.264 e. The molecule has 0 unspecified atom stereocenters. The topological polar surface area (TPSA) is 87.6 Å². The molecule has 1 heterocycles. The lowest BCUT2D eigenvalue weighted by molar-refractivity contribution is 0.241. The van der Waals surface area contributed by atoms with Crippen molar-refractivity contribution in [2.45, 2.75) is 19.6 Å². The molecule has 0 aliphatic rings. The summed E-state index contributed by atoms with van der Waals surface area (Å²) in [5, 5.41) is 0. The molecule has 0 aliphatic heterocycles. The second-order valence-corrected chi connectivity index (χ2v) is 7.92. The highest BCUT2D eigenvalue weighted by Crippen LogP contribution is 2.29. The van der Waals surface area contributed by atoms with Crippen molar-refractivity contribution in [3.05, 3.63) is 83.8 Å². The minimum absolute atomic E-state index is 0.0460. The molecule has 0 atom stereocenters. The van der Waals surface area contributed by atoms with Crippen LogP contribution >= 0.6 is 0 Å². The molecule has 0 spiro atoms. The largest absolute Gasteiger partial charge is 0.482 e. The second-order valence-electron chi connectivity index (χ2n) is 6.28. The number of nitrogens with zero attached hydrogens (tertiary/aromatic N) is 2. The number of hydrogen-bond acceptors (Lipinski definition) is 7. The van der Waals surface area contributed by atoms with Crippen LogP contribution in [0.3, 0.4) is 0 Å². The van der Waals surface area contributed by atoms with Gasteiger partial charge in [-0.3, -0.25) is 4.18 Å². The summed E-state index contributed by atoms with van der Waals surface area (Å²) in [6.45, 7) is 0.574. The van der Waals surface area contributed by atoms with E-state index in [1.807, 2.05) is 60.7 Å². The normalized spacial score (nSPS) is 11.2. The van der Waals surface area contributed by atoms with Crippen LogP contribution in [0.4, 0.5) is 0 Å². The van der Waals surface area contributed by atoms with Crippen LogP contribution in [0.25, 0.3) is 0 Å². The average molecular weight is 414 g/mol. The number of ether oxygens (including phenoxy) is 2. The highest BCUT2D eigenvalue weighted by atomic mass is 32.2. The van der Waals surface area contributed by atoms with E-state index in [0.29, 0.717) is 30.5 Å². The zero-order valence-corrected chi connectivity index (χ0v) is 16.8. The van der Waals surface area contributed by atoms with Crippen LogP contribution in [-0.4, -0.2) is 31.2 Å². The molecular weight excluding hydrogens is 392 g/mol. The fraction of sp³-hybridized carbons (Fsp3) is 0.238. The summed E-state index contributed by atoms with van der Waals surface area (Å²) in [4.78, 5) is 8.44. The van der Waals surface area contributed by atoms with E-state index in [1.54, 1.807) is 0 Å². The quantitative estimate of drug-likeness (QED) is 0.471. The molecule has 29 heavy (non-hydrogen) atoms. The molecule has 2 aromatic carbocycles. The predicted octanol–water partition coefficient (Wildman–Crippen LogP) is 3.15. The van der Waals surface area contributed by atoms with Crippen molar-refractivity contribution in [3.63, 3.8) is 0 Å². The Hall–Kier alpha value is -2.97. The highest BCUT2D eigenvalue weighted by molar-refractivity contribution is 7.85. The first-order chi connectivity index (χ1) is 14.0. The molecule has 0 aliphatic carbocycles. The van der Waals surface area contributed by atoms with E-state index in [-0.39, 0.29) is 13.0 Å². The molecule has 0 bridgehead atoms. The van der Waals surface area contributed by atoms with E-state index in [2.05, 4.69) is 9.97 Å². The van der Waals surface area contributed by atoms with E-state index >= 15 is 0 Å². The van der Waals surface area contributed by atoms with Crippen LogP contribution in [-0.2, 0) is 33.9 Å². The predicted molar refractivity (Wildman–Crippen MR) is 108 cm³/mol. The van der Waals surface area contributed by atoms with E-state index in [1.165, 1.54) is 6.33 Å². The summed E-state index contributed by atoms with van der Waals surface area (Å²) in [7, 11) is -3.53. The van der Waals surface area contributed by atoms with Crippen molar-refractivity contribution < 1.29 is 22.1 Å². The van der Waals surface area contributed by atoms with Crippen LogP contribution in [0.5, 0.6) is 11.6 Å². The summed E-state index contributed by atoms with van der Waals surface area (Å²) < 4.78 is 39.1. The SMILES string of the molecule is CS(=O)(=O)OCCc1ncnc(OCc2ccccc2)c1OCc1ccccc1. The van der Waals surface area contributed by atoms with Gasteiger partial charge in [-0.15, -0.1) is 0 Å². The molecule has 0 radical (unpaired) electrons. The molecule has 3 aromatic rings. The maximum absolute atomic E-state index is 11.2. The van der Waals surface area contributed by atoms with E-state index in [9.17, 15) is 8.42 Å². The number of benzene rings is 2. The molecule has 7 nitrogen and oxygen atoms in total. The van der Waals surface area contributed by atoms with Gasteiger partial charge in [0.25, 0.3) is 16.0 Å². The van der Waals surface area contributed by atoms with Gasteiger partial charge in [-0.2, -0.15) is 13.4 Å². The first-order valence-corrected chi connectivity index (χ1v) is 10.8. The Labute approximate surface area is 170 Å². The van der Waals surface area contributed by atoms with E-state index in [4.69, 9.17) is 13.7 Å². The fourth-order valence-corrected chi connectivity index (χ4v) is 2.95. The summed E-state index contributed by atoms with van der Waals surface area (Å²) in [6, 6.07) is 19.4. The molecule has 0 saturated carbocycles. The van der Waals surface area contributed by atoms with Crippen molar-refractivity contribution >= 4 is 10.1 Å². The molecule has 152 valence electrons. The first kappa shape index (κ1) is 20.8. The monoisotopic (exact) mass is 414 g/mol. The smallest absolute Gasteiger partial charge is 0.264 e. The molecule has 8 heteroatoms. The van der Waals surface area contributed by atoms with Crippen LogP contribution in [0.1, 0.15) is 16.8 Å². The molecule has 0 saturated heterocycles. The first-order valence-electron chi connectivity index (χ1n) is 9.03. The zero-order chi connectivity index (χ0) is 20.5. The summed E-state index contributed by atoms with van der Waals surface area (Å²) >= 11 is 0. The molecule has 0 amide bonds. The minimum Gasteiger partial charge on any atom is -0.482 e. The molecule has 3 rings (SSSR count). The van der Waals surface area contributed by atoms with Gasteiger partial charge in [0.05, 0.1) is 18.6 Å². The third kappa shape index (κ3) is 6.85. The second kappa shape index (κ2) is 9.99. The van der Waals surface area contributed by atoms with Gasteiger partial charge in [-0.05, 0) is 11.1 Å². The Morgan fingerprint density at radius 3 is 2.00 bits per heavy atom. The Balaban J connectivity index is 1.78. The lowest BCUT2D eigenvalue weighted by Gasteiger charge is -2.15. The summed E-state index contributed by atoms with van der Waals surface area (Å²) in [6.07, 6.45) is 2.61. The zero-order valence-electron chi connectivity index (χ0n) is 16.0. The Morgan fingerprint density at radius 1 is 0.828 bits per heavy atom. The fourth-order valence-electron chi connectivity index (χ4n) is 2.56. The highest BCUT2D eigenvalue weighted by Gasteiger charge is 2.16. The van der Waals surface area contributed by atoms with E-state index < -0.39 is 10.1 Å². The van der Waals surface area contributed by atoms with Crippen molar-refractivity contribution in [2.24, 2.45) is 0 Å². The third-order valence-corrected chi connectivity index (χ3v) is 4.52. The van der Waals surface area contributed by atoms with Crippen molar-refractivity contribution in [1.29, 1.82) is 0 Å². The van der Waals surface area contributed by atoms with Gasteiger partial charge in [0.1, 0.15) is 19.5 Å². The van der Waals surface area contributed by atoms with Crippen LogP contribution in [0, 0.1) is 0 Å². The molecule has 1 aromatic heterocycles. The minimum atomic E-state index is -3.53. The number of aromatic nitrogens is 2. The van der Waals surface area contributed by atoms with Crippen LogP contribution < -0.4 is 9.47 Å². The van der Waals surface area contributed by atoms with Gasteiger partial charge in [0, 0.05) is 6.42 Å². The summed E-state index contributed by atoms with van der Waals surface area (Å²) in [5.41, 5.74) is 2.48. The average Bonchev–Trinajstić information content (AvgIpc) is 2.72. The lowest BCUT2D eigenvalue weighted by Crippen LogP contribution is -2.10. The Kier molecular flexibility index (Phi) is 7.15. The van der Waals surface area contributed by atoms with Gasteiger partial charge < -0.3 is 9.47 Å². The van der Waals surface area contributed by atoms with Crippen LogP contribution in [0.15, 0.2) is 67.0 Å². The maximum atomic E-state index is 11.2. The van der Waals surface area contributed by atoms with Gasteiger partial charge in [0.2, 0.25) is 5.75 Å². The van der Waals surface area contributed by atoms with Crippen molar-refractivity contribution in [1.82, 2.24) is 9.97 Å². The number of rotatable bonds is 10. The molecule has 0 N–H and O–H groups in total. The van der Waals surface area contributed by atoms with Gasteiger partial charge in [0.15, 0.2) is 0 Å². The lowest BCUT2D eigenvalue weighted by atomic mass is 10.2. The number of hydrogen-bond donors (Lipinski definition) is 0. The Bertz CT molecular complexity index is 1010. The van der Waals surface area contributed by atoms with Crippen molar-refractivity contribution in [3.8, 4) is 11.6 Å². The van der Waals surface area contributed by atoms with E-state index in [0.717, 1.165) is 17.4 Å².